The van der Waals surface area contributed by atoms with Crippen molar-refractivity contribution in [1.29, 1.82) is 0 Å². The number of hydrogen-bond acceptors (Lipinski definition) is 6. The topological polar surface area (TPSA) is 92.0 Å². The molecule has 19 heavy (non-hydrogen) atoms. The van der Waals surface area contributed by atoms with Crippen molar-refractivity contribution in [3.63, 3.8) is 0 Å². The van der Waals surface area contributed by atoms with Gasteiger partial charge in [0.1, 0.15) is 11.3 Å². The maximum atomic E-state index is 5.95. The van der Waals surface area contributed by atoms with Gasteiger partial charge >= 0.3 is 0 Å². The van der Waals surface area contributed by atoms with Crippen LogP contribution in [-0.4, -0.2) is 26.8 Å². The molecule has 0 fully saturated rings. The van der Waals surface area contributed by atoms with Crippen LogP contribution in [0.4, 0.5) is 5.95 Å². The van der Waals surface area contributed by atoms with E-state index in [1.807, 2.05) is 22.8 Å². The number of imidazole rings is 1. The molecule has 7 heteroatoms. The van der Waals surface area contributed by atoms with Crippen molar-refractivity contribution in [1.82, 2.24) is 19.7 Å². The van der Waals surface area contributed by atoms with E-state index in [1.54, 1.807) is 7.11 Å². The minimum Gasteiger partial charge on any atom is -0.494 e. The highest BCUT2D eigenvalue weighted by Gasteiger charge is 2.12. The Morgan fingerprint density at radius 2 is 2.32 bits per heavy atom. The van der Waals surface area contributed by atoms with Gasteiger partial charge in [-0.05, 0) is 12.1 Å². The average Bonchev–Trinajstić information content (AvgIpc) is 3.03. The molecule has 2 heterocycles. The van der Waals surface area contributed by atoms with Gasteiger partial charge in [-0.25, -0.2) is 4.98 Å². The van der Waals surface area contributed by atoms with E-state index < -0.39 is 0 Å². The van der Waals surface area contributed by atoms with Crippen LogP contribution in [0, 0.1) is 0 Å². The second kappa shape index (κ2) is 4.60. The Morgan fingerprint density at radius 1 is 1.42 bits per heavy atom. The lowest BCUT2D eigenvalue weighted by Crippen LogP contribution is -2.05. The maximum Gasteiger partial charge on any atom is 0.228 e. The van der Waals surface area contributed by atoms with Gasteiger partial charge in [0.15, 0.2) is 6.33 Å². The maximum absolute atomic E-state index is 5.95. The Morgan fingerprint density at radius 3 is 3.05 bits per heavy atom. The van der Waals surface area contributed by atoms with Crippen molar-refractivity contribution in [3.8, 4) is 5.75 Å². The highest BCUT2D eigenvalue weighted by molar-refractivity contribution is 5.84. The molecule has 0 atom stereocenters. The summed E-state index contributed by atoms with van der Waals surface area (Å²) in [4.78, 5) is 8.32. The first-order chi connectivity index (χ1) is 9.29. The number of nitrogens with two attached hydrogens (primary N) is 1. The van der Waals surface area contributed by atoms with Gasteiger partial charge in [0.05, 0.1) is 12.6 Å². The minimum absolute atomic E-state index is 0.444. The third kappa shape index (κ3) is 1.99. The highest BCUT2D eigenvalue weighted by atomic mass is 16.5. The van der Waals surface area contributed by atoms with Crippen LogP contribution in [0.3, 0.4) is 0 Å². The van der Waals surface area contributed by atoms with E-state index in [4.69, 9.17) is 15.0 Å². The summed E-state index contributed by atoms with van der Waals surface area (Å²) in [5.74, 6) is 1.73. The zero-order valence-corrected chi connectivity index (χ0v) is 10.4. The summed E-state index contributed by atoms with van der Waals surface area (Å²) in [5.41, 5.74) is 7.63. The van der Waals surface area contributed by atoms with Crippen LogP contribution < -0.4 is 10.5 Å². The molecule has 7 nitrogen and oxygen atoms in total. The fraction of sp³-hybridized carbons (Fsp3) is 0.250. The van der Waals surface area contributed by atoms with Crippen LogP contribution in [0.15, 0.2) is 29.0 Å². The summed E-state index contributed by atoms with van der Waals surface area (Å²) < 4.78 is 12.1. The number of anilines is 1. The number of nitrogen functional groups attached to an aromatic ring is 1. The average molecular weight is 259 g/mol. The third-order valence-electron chi connectivity index (χ3n) is 2.95. The van der Waals surface area contributed by atoms with E-state index in [0.717, 1.165) is 11.0 Å². The van der Waals surface area contributed by atoms with E-state index >= 15 is 0 Å². The monoisotopic (exact) mass is 259 g/mol. The summed E-state index contributed by atoms with van der Waals surface area (Å²) >= 11 is 0. The van der Waals surface area contributed by atoms with E-state index in [1.165, 1.54) is 6.33 Å². The van der Waals surface area contributed by atoms with Crippen LogP contribution in [0.25, 0.3) is 11.0 Å². The smallest absolute Gasteiger partial charge is 0.228 e. The molecule has 0 amide bonds. The molecule has 0 aliphatic heterocycles. The fourth-order valence-electron chi connectivity index (χ4n) is 2.05. The number of benzene rings is 1. The molecule has 0 saturated carbocycles. The quantitative estimate of drug-likeness (QED) is 0.758. The number of hydrogen-bond donors (Lipinski definition) is 1. The van der Waals surface area contributed by atoms with Gasteiger partial charge in [0.2, 0.25) is 11.8 Å². The predicted octanol–water partition coefficient (Wildman–Crippen LogP) is 1.25. The van der Waals surface area contributed by atoms with Crippen LogP contribution >= 0.6 is 0 Å². The summed E-state index contributed by atoms with van der Waals surface area (Å²) in [6, 6.07) is 5.72. The second-order valence-electron chi connectivity index (χ2n) is 4.03. The molecule has 0 saturated heterocycles. The Balaban J connectivity index is 1.96. The van der Waals surface area contributed by atoms with Crippen LogP contribution in [0.1, 0.15) is 5.89 Å². The number of rotatable bonds is 4. The van der Waals surface area contributed by atoms with Crippen LogP contribution in [0.2, 0.25) is 0 Å². The zero-order chi connectivity index (χ0) is 13.2. The standard InChI is InChI=1S/C12H13N5O2/c1-18-9-4-2-3-8-11(9)16-12(13)17(8)6-5-10-14-7-15-19-10/h2-4,7H,5-6H2,1H3,(H2,13,16). The van der Waals surface area contributed by atoms with E-state index in [2.05, 4.69) is 15.1 Å². The summed E-state index contributed by atoms with van der Waals surface area (Å²) in [5, 5.41) is 3.57. The SMILES string of the molecule is COc1cccc2c1nc(N)n2CCc1ncno1. The predicted molar refractivity (Wildman–Crippen MR) is 68.7 cm³/mol. The van der Waals surface area contributed by atoms with Gasteiger partial charge < -0.3 is 19.6 Å². The first kappa shape index (κ1) is 11.5. The number of fused-ring (bicyclic) bond motifs is 1. The largest absolute Gasteiger partial charge is 0.494 e. The van der Waals surface area contributed by atoms with Gasteiger partial charge in [0, 0.05) is 13.0 Å². The highest BCUT2D eigenvalue weighted by Crippen LogP contribution is 2.26. The fourth-order valence-corrected chi connectivity index (χ4v) is 2.05. The molecular formula is C12H13N5O2. The van der Waals surface area contributed by atoms with Crippen molar-refractivity contribution in [2.24, 2.45) is 0 Å². The number of methoxy groups -OCH3 is 1. The number of para-hydroxylation sites is 1. The van der Waals surface area contributed by atoms with Crippen LogP contribution in [0.5, 0.6) is 5.75 Å². The molecular weight excluding hydrogens is 246 g/mol. The Hall–Kier alpha value is -2.57. The van der Waals surface area contributed by atoms with Gasteiger partial charge in [-0.2, -0.15) is 4.98 Å². The molecule has 2 aromatic heterocycles. The van der Waals surface area contributed by atoms with Crippen molar-refractivity contribution >= 4 is 17.0 Å². The number of aromatic nitrogens is 4. The number of aryl methyl sites for hydroxylation is 2. The molecule has 0 spiro atoms. The first-order valence-electron chi connectivity index (χ1n) is 5.84. The normalized spacial score (nSPS) is 11.0. The van der Waals surface area contributed by atoms with Crippen molar-refractivity contribution in [2.75, 3.05) is 12.8 Å². The molecule has 0 radical (unpaired) electrons. The molecule has 0 unspecified atom stereocenters. The lowest BCUT2D eigenvalue weighted by molar-refractivity contribution is 0.372. The molecule has 3 aromatic rings. The Bertz CT molecular complexity index is 690. The van der Waals surface area contributed by atoms with Crippen LogP contribution in [-0.2, 0) is 13.0 Å². The Labute approximate surface area is 109 Å². The molecule has 98 valence electrons. The molecule has 1 aromatic carbocycles. The van der Waals surface area contributed by atoms with Gasteiger partial charge in [-0.1, -0.05) is 11.2 Å². The van der Waals surface area contributed by atoms with E-state index in [9.17, 15) is 0 Å². The molecule has 0 bridgehead atoms. The minimum atomic E-state index is 0.444. The summed E-state index contributed by atoms with van der Waals surface area (Å²) in [6.07, 6.45) is 1.99. The van der Waals surface area contributed by atoms with E-state index in [-0.39, 0.29) is 0 Å². The Kier molecular flexibility index (Phi) is 2.79. The lowest BCUT2D eigenvalue weighted by atomic mass is 10.3. The summed E-state index contributed by atoms with van der Waals surface area (Å²) in [6.45, 7) is 0.623. The van der Waals surface area contributed by atoms with Gasteiger partial charge in [0.25, 0.3) is 0 Å². The second-order valence-corrected chi connectivity index (χ2v) is 4.03. The summed E-state index contributed by atoms with van der Waals surface area (Å²) in [7, 11) is 1.61. The molecule has 0 aliphatic rings. The van der Waals surface area contributed by atoms with Gasteiger partial charge in [-0.15, -0.1) is 0 Å². The molecule has 0 aliphatic carbocycles. The molecule has 2 N–H and O–H groups in total. The number of nitrogens with zero attached hydrogens (tertiary/aromatic N) is 4. The van der Waals surface area contributed by atoms with Gasteiger partial charge in [-0.3, -0.25) is 0 Å². The molecule has 3 rings (SSSR count). The van der Waals surface area contributed by atoms with Crippen molar-refractivity contribution in [2.45, 2.75) is 13.0 Å². The van der Waals surface area contributed by atoms with Crippen molar-refractivity contribution < 1.29 is 9.26 Å². The first-order valence-corrected chi connectivity index (χ1v) is 5.84. The van der Waals surface area contributed by atoms with E-state index in [0.29, 0.717) is 30.6 Å². The lowest BCUT2D eigenvalue weighted by Gasteiger charge is -2.04. The number of ether oxygens (including phenoxy) is 1. The third-order valence-corrected chi connectivity index (χ3v) is 2.95. The van der Waals surface area contributed by atoms with Crippen molar-refractivity contribution in [3.05, 3.63) is 30.4 Å². The zero-order valence-electron chi connectivity index (χ0n) is 10.4.